The molecule has 0 aliphatic rings. The summed E-state index contributed by atoms with van der Waals surface area (Å²) in [4.78, 5) is 7.76. The predicted molar refractivity (Wildman–Crippen MR) is 76.9 cm³/mol. The number of aromatic amines is 1. The lowest BCUT2D eigenvalue weighted by molar-refractivity contribution is 0.574. The molecule has 19 heavy (non-hydrogen) atoms. The first-order valence-corrected chi connectivity index (χ1v) is 6.29. The molecule has 0 aliphatic heterocycles. The molecule has 0 saturated heterocycles. The molecule has 0 atom stereocenters. The van der Waals surface area contributed by atoms with Crippen LogP contribution in [0.1, 0.15) is 26.5 Å². The van der Waals surface area contributed by atoms with Crippen LogP contribution in [0.15, 0.2) is 34.9 Å². The zero-order chi connectivity index (χ0) is 13.6. The number of nitrogens with zero attached hydrogens (tertiary/aromatic N) is 1. The number of fused-ring (bicyclic) bond motifs is 1. The van der Waals surface area contributed by atoms with Crippen molar-refractivity contribution in [1.82, 2.24) is 9.97 Å². The Kier molecular flexibility index (Phi) is 2.42. The van der Waals surface area contributed by atoms with Crippen LogP contribution in [0.25, 0.3) is 22.2 Å². The summed E-state index contributed by atoms with van der Waals surface area (Å²) in [7, 11) is 0. The normalized spacial score (nSPS) is 12.2. The number of oxazole rings is 1. The lowest BCUT2D eigenvalue weighted by atomic mass is 9.88. The van der Waals surface area contributed by atoms with Crippen molar-refractivity contribution in [2.75, 3.05) is 5.73 Å². The Bertz CT molecular complexity index is 731. The summed E-state index contributed by atoms with van der Waals surface area (Å²) in [6, 6.07) is 8.39. The van der Waals surface area contributed by atoms with Crippen LogP contribution in [0.2, 0.25) is 0 Å². The smallest absolute Gasteiger partial charge is 0.292 e. The molecule has 3 rings (SSSR count). The van der Waals surface area contributed by atoms with E-state index in [1.165, 1.54) is 0 Å². The third-order valence-electron chi connectivity index (χ3n) is 3.23. The van der Waals surface area contributed by atoms with Crippen LogP contribution >= 0.6 is 0 Å². The largest absolute Gasteiger partial charge is 0.432 e. The molecule has 0 aliphatic carbocycles. The van der Waals surface area contributed by atoms with Gasteiger partial charge >= 0.3 is 0 Å². The monoisotopic (exact) mass is 255 g/mol. The zero-order valence-corrected chi connectivity index (χ0v) is 11.3. The molecular weight excluding hydrogens is 238 g/mol. The highest BCUT2D eigenvalue weighted by molar-refractivity contribution is 5.97. The van der Waals surface area contributed by atoms with Gasteiger partial charge in [0.1, 0.15) is 12.0 Å². The van der Waals surface area contributed by atoms with Gasteiger partial charge in [-0.2, -0.15) is 4.98 Å². The van der Waals surface area contributed by atoms with Crippen LogP contribution in [0.3, 0.4) is 0 Å². The molecule has 0 amide bonds. The average Bonchev–Trinajstić information content (AvgIpc) is 2.91. The number of H-pyrrole nitrogens is 1. The number of hydrogen-bond donors (Lipinski definition) is 2. The fourth-order valence-electron chi connectivity index (χ4n) is 2.37. The molecule has 0 radical (unpaired) electrons. The van der Waals surface area contributed by atoms with E-state index >= 15 is 0 Å². The summed E-state index contributed by atoms with van der Waals surface area (Å²) in [5.41, 5.74) is 9.68. The Morgan fingerprint density at radius 3 is 2.58 bits per heavy atom. The van der Waals surface area contributed by atoms with Crippen molar-refractivity contribution < 1.29 is 4.42 Å². The van der Waals surface area contributed by atoms with E-state index in [2.05, 4.69) is 42.9 Å². The second kappa shape index (κ2) is 3.88. The Hall–Kier alpha value is -2.23. The molecule has 4 nitrogen and oxygen atoms in total. The third-order valence-corrected chi connectivity index (χ3v) is 3.23. The van der Waals surface area contributed by atoms with Gasteiger partial charge in [-0.1, -0.05) is 39.0 Å². The maximum Gasteiger partial charge on any atom is 0.292 e. The van der Waals surface area contributed by atoms with E-state index in [1.54, 1.807) is 6.26 Å². The summed E-state index contributed by atoms with van der Waals surface area (Å²) in [6.45, 7) is 6.51. The number of benzene rings is 1. The Labute approximate surface area is 111 Å². The predicted octanol–water partition coefficient (Wildman–Crippen LogP) is 3.70. The van der Waals surface area contributed by atoms with E-state index in [0.717, 1.165) is 27.9 Å². The molecule has 4 heteroatoms. The number of nitrogen functional groups attached to an aromatic ring is 1. The fourth-order valence-corrected chi connectivity index (χ4v) is 2.37. The molecule has 3 aromatic rings. The van der Waals surface area contributed by atoms with Crippen molar-refractivity contribution >= 4 is 16.9 Å². The first-order valence-electron chi connectivity index (χ1n) is 6.29. The van der Waals surface area contributed by atoms with E-state index < -0.39 is 0 Å². The topological polar surface area (TPSA) is 67.8 Å². The van der Waals surface area contributed by atoms with Crippen molar-refractivity contribution in [1.29, 1.82) is 0 Å². The summed E-state index contributed by atoms with van der Waals surface area (Å²) >= 11 is 0. The minimum atomic E-state index is -0.0118. The van der Waals surface area contributed by atoms with E-state index in [4.69, 9.17) is 10.2 Å². The van der Waals surface area contributed by atoms with Gasteiger partial charge in [-0.3, -0.25) is 0 Å². The average molecular weight is 255 g/mol. The molecule has 98 valence electrons. The van der Waals surface area contributed by atoms with Crippen molar-refractivity contribution in [2.45, 2.75) is 26.2 Å². The Morgan fingerprint density at radius 1 is 1.21 bits per heavy atom. The van der Waals surface area contributed by atoms with Crippen molar-refractivity contribution in [2.24, 2.45) is 0 Å². The Morgan fingerprint density at radius 2 is 1.95 bits per heavy atom. The number of nitrogens with one attached hydrogen (secondary N) is 1. The molecule has 2 aromatic heterocycles. The molecule has 0 fully saturated rings. The maximum absolute atomic E-state index is 5.60. The van der Waals surface area contributed by atoms with Crippen LogP contribution in [-0.2, 0) is 5.41 Å². The molecule has 2 heterocycles. The standard InChI is InChI=1S/C15H17N3O/c1-15(2,3)13-12(11-8-19-14(16)18-11)9-6-4-5-7-10(9)17-13/h4-8,17H,1-3H3,(H2,16,18). The van der Waals surface area contributed by atoms with E-state index in [-0.39, 0.29) is 11.4 Å². The van der Waals surface area contributed by atoms with Gasteiger partial charge in [0.25, 0.3) is 6.01 Å². The van der Waals surface area contributed by atoms with Gasteiger partial charge in [0.05, 0.1) is 0 Å². The number of nitrogens with two attached hydrogens (primary N) is 1. The van der Waals surface area contributed by atoms with Crippen molar-refractivity contribution in [3.63, 3.8) is 0 Å². The highest BCUT2D eigenvalue weighted by Gasteiger charge is 2.24. The third kappa shape index (κ3) is 1.89. The van der Waals surface area contributed by atoms with Crippen LogP contribution in [0.5, 0.6) is 0 Å². The quantitative estimate of drug-likeness (QED) is 0.696. The molecule has 0 bridgehead atoms. The van der Waals surface area contributed by atoms with Crippen LogP contribution in [0, 0.1) is 0 Å². The van der Waals surface area contributed by atoms with Crippen LogP contribution in [-0.4, -0.2) is 9.97 Å². The van der Waals surface area contributed by atoms with Gasteiger partial charge in [0.15, 0.2) is 0 Å². The SMILES string of the molecule is CC(C)(C)c1[nH]c2ccccc2c1-c1coc(N)n1. The first kappa shape index (κ1) is 11.8. The van der Waals surface area contributed by atoms with Gasteiger partial charge in [-0.15, -0.1) is 0 Å². The second-order valence-corrected chi connectivity index (χ2v) is 5.74. The molecule has 0 saturated carbocycles. The lowest BCUT2D eigenvalue weighted by Crippen LogP contribution is -2.13. The number of rotatable bonds is 1. The number of hydrogen-bond acceptors (Lipinski definition) is 3. The summed E-state index contributed by atoms with van der Waals surface area (Å²) < 4.78 is 5.16. The zero-order valence-electron chi connectivity index (χ0n) is 11.3. The maximum atomic E-state index is 5.60. The van der Waals surface area contributed by atoms with Crippen molar-refractivity contribution in [3.8, 4) is 11.3 Å². The molecule has 1 aromatic carbocycles. The van der Waals surface area contributed by atoms with Gasteiger partial charge in [-0.05, 0) is 6.07 Å². The van der Waals surface area contributed by atoms with Gasteiger partial charge < -0.3 is 15.1 Å². The lowest BCUT2D eigenvalue weighted by Gasteiger charge is -2.18. The highest BCUT2D eigenvalue weighted by atomic mass is 16.4. The molecule has 0 spiro atoms. The van der Waals surface area contributed by atoms with E-state index in [9.17, 15) is 0 Å². The summed E-state index contributed by atoms with van der Waals surface area (Å²) in [5, 5.41) is 1.14. The van der Waals surface area contributed by atoms with Crippen LogP contribution < -0.4 is 5.73 Å². The number of anilines is 1. The molecular formula is C15H17N3O. The molecule has 0 unspecified atom stereocenters. The van der Waals surface area contributed by atoms with Gasteiger partial charge in [0.2, 0.25) is 0 Å². The number of aromatic nitrogens is 2. The number of para-hydroxylation sites is 1. The van der Waals surface area contributed by atoms with Crippen molar-refractivity contribution in [3.05, 3.63) is 36.2 Å². The van der Waals surface area contributed by atoms with E-state index in [1.807, 2.05) is 12.1 Å². The summed E-state index contributed by atoms with van der Waals surface area (Å²) in [5.74, 6) is 0. The summed E-state index contributed by atoms with van der Waals surface area (Å²) in [6.07, 6.45) is 1.61. The fraction of sp³-hybridized carbons (Fsp3) is 0.267. The minimum absolute atomic E-state index is 0.0118. The first-order chi connectivity index (χ1) is 8.97. The Balaban J connectivity index is 2.37. The second-order valence-electron chi connectivity index (χ2n) is 5.74. The van der Waals surface area contributed by atoms with Gasteiger partial charge in [-0.25, -0.2) is 0 Å². The minimum Gasteiger partial charge on any atom is -0.432 e. The highest BCUT2D eigenvalue weighted by Crippen LogP contribution is 2.38. The van der Waals surface area contributed by atoms with E-state index in [0.29, 0.717) is 0 Å². The molecule has 3 N–H and O–H groups in total. The van der Waals surface area contributed by atoms with Crippen LogP contribution in [0.4, 0.5) is 6.01 Å². The van der Waals surface area contributed by atoms with Gasteiger partial charge in [0, 0.05) is 27.6 Å².